The fourth-order valence-electron chi connectivity index (χ4n) is 1.25. The summed E-state index contributed by atoms with van der Waals surface area (Å²) in [7, 11) is 0. The first-order valence-corrected chi connectivity index (χ1v) is 4.96. The Labute approximate surface area is 89.9 Å². The highest BCUT2D eigenvalue weighted by Gasteiger charge is 2.06. The molecule has 4 heteroatoms. The van der Waals surface area contributed by atoms with Gasteiger partial charge in [0.1, 0.15) is 11.6 Å². The van der Waals surface area contributed by atoms with Crippen LogP contribution in [0.4, 0.5) is 0 Å². The van der Waals surface area contributed by atoms with E-state index in [-0.39, 0.29) is 5.75 Å². The molecule has 0 aliphatic heterocycles. The number of benzene rings is 1. The first kappa shape index (κ1) is 9.27. The third-order valence-electron chi connectivity index (χ3n) is 1.92. The van der Waals surface area contributed by atoms with E-state index in [0.29, 0.717) is 11.4 Å². The Hall–Kier alpha value is -1.29. The number of nitrogens with zero attached hydrogens (tertiary/aromatic N) is 1. The van der Waals surface area contributed by atoms with Crippen molar-refractivity contribution in [3.05, 3.63) is 34.6 Å². The molecule has 0 aliphatic carbocycles. The van der Waals surface area contributed by atoms with Crippen molar-refractivity contribution in [1.82, 2.24) is 9.97 Å². The van der Waals surface area contributed by atoms with Crippen molar-refractivity contribution in [3.63, 3.8) is 0 Å². The van der Waals surface area contributed by atoms with Gasteiger partial charge in [0.2, 0.25) is 0 Å². The third-order valence-corrected chi connectivity index (χ3v) is 2.41. The van der Waals surface area contributed by atoms with Gasteiger partial charge in [-0.3, -0.25) is 0 Å². The Morgan fingerprint density at radius 3 is 2.79 bits per heavy atom. The number of imidazole rings is 1. The SMILES string of the molecule is Cc1cnc(-c2ccc(Br)cc2O)[nH]1. The highest BCUT2D eigenvalue weighted by Crippen LogP contribution is 2.29. The van der Waals surface area contributed by atoms with Gasteiger partial charge >= 0.3 is 0 Å². The zero-order chi connectivity index (χ0) is 10.1. The van der Waals surface area contributed by atoms with Gasteiger partial charge in [0.05, 0.1) is 5.56 Å². The number of aryl methyl sites for hydroxylation is 1. The van der Waals surface area contributed by atoms with Crippen LogP contribution in [0.3, 0.4) is 0 Å². The summed E-state index contributed by atoms with van der Waals surface area (Å²) < 4.78 is 0.849. The molecule has 3 nitrogen and oxygen atoms in total. The summed E-state index contributed by atoms with van der Waals surface area (Å²) in [4.78, 5) is 7.21. The average Bonchev–Trinajstić information content (AvgIpc) is 2.51. The van der Waals surface area contributed by atoms with Gasteiger partial charge in [0.15, 0.2) is 0 Å². The third kappa shape index (κ3) is 1.65. The van der Waals surface area contributed by atoms with E-state index in [1.807, 2.05) is 19.1 Å². The van der Waals surface area contributed by atoms with Gasteiger partial charge in [0.25, 0.3) is 0 Å². The van der Waals surface area contributed by atoms with Crippen molar-refractivity contribution in [2.24, 2.45) is 0 Å². The monoisotopic (exact) mass is 252 g/mol. The number of rotatable bonds is 1. The number of aromatic nitrogens is 2. The molecule has 0 amide bonds. The average molecular weight is 253 g/mol. The first-order valence-electron chi connectivity index (χ1n) is 4.17. The molecule has 1 aromatic carbocycles. The van der Waals surface area contributed by atoms with Gasteiger partial charge in [-0.25, -0.2) is 4.98 Å². The Morgan fingerprint density at radius 2 is 2.21 bits per heavy atom. The zero-order valence-corrected chi connectivity index (χ0v) is 9.17. The van der Waals surface area contributed by atoms with Crippen LogP contribution < -0.4 is 0 Å². The number of phenols is 1. The summed E-state index contributed by atoms with van der Waals surface area (Å²) in [5.74, 6) is 0.904. The minimum absolute atomic E-state index is 0.216. The van der Waals surface area contributed by atoms with Crippen LogP contribution in [0.2, 0.25) is 0 Å². The first-order chi connectivity index (χ1) is 6.66. The van der Waals surface area contributed by atoms with Crippen molar-refractivity contribution in [1.29, 1.82) is 0 Å². The maximum atomic E-state index is 9.66. The van der Waals surface area contributed by atoms with E-state index >= 15 is 0 Å². The van der Waals surface area contributed by atoms with Gasteiger partial charge in [0, 0.05) is 16.4 Å². The molecule has 0 saturated carbocycles. The Balaban J connectivity index is 2.52. The fraction of sp³-hybridized carbons (Fsp3) is 0.100. The van der Waals surface area contributed by atoms with Crippen LogP contribution in [0.25, 0.3) is 11.4 Å². The van der Waals surface area contributed by atoms with Crippen molar-refractivity contribution in [2.75, 3.05) is 0 Å². The van der Waals surface area contributed by atoms with Gasteiger partial charge in [-0.15, -0.1) is 0 Å². The molecular formula is C10H9BrN2O. The number of aromatic amines is 1. The second-order valence-corrected chi connectivity index (χ2v) is 3.99. The van der Waals surface area contributed by atoms with Gasteiger partial charge < -0.3 is 10.1 Å². The van der Waals surface area contributed by atoms with E-state index < -0.39 is 0 Å². The van der Waals surface area contributed by atoms with Gasteiger partial charge in [-0.2, -0.15) is 0 Å². The smallest absolute Gasteiger partial charge is 0.141 e. The number of nitrogens with one attached hydrogen (secondary N) is 1. The quantitative estimate of drug-likeness (QED) is 0.820. The number of halogens is 1. The van der Waals surface area contributed by atoms with Crippen molar-refractivity contribution in [2.45, 2.75) is 6.92 Å². The van der Waals surface area contributed by atoms with E-state index in [9.17, 15) is 5.11 Å². The molecule has 0 atom stereocenters. The molecule has 72 valence electrons. The maximum Gasteiger partial charge on any atom is 0.141 e. The number of hydrogen-bond donors (Lipinski definition) is 2. The van der Waals surface area contributed by atoms with Crippen molar-refractivity contribution in [3.8, 4) is 17.1 Å². The molecule has 2 N–H and O–H groups in total. The molecule has 0 spiro atoms. The van der Waals surface area contributed by atoms with Crippen molar-refractivity contribution >= 4 is 15.9 Å². The molecule has 0 radical (unpaired) electrons. The van der Waals surface area contributed by atoms with Crippen LogP contribution in [0.1, 0.15) is 5.69 Å². The molecular weight excluding hydrogens is 244 g/mol. The summed E-state index contributed by atoms with van der Waals surface area (Å²) >= 11 is 3.28. The fourth-order valence-corrected chi connectivity index (χ4v) is 1.60. The number of aromatic hydroxyl groups is 1. The highest BCUT2D eigenvalue weighted by atomic mass is 79.9. The predicted octanol–water partition coefficient (Wildman–Crippen LogP) is 2.85. The molecule has 1 heterocycles. The number of H-pyrrole nitrogens is 1. The standard InChI is InChI=1S/C10H9BrN2O/c1-6-5-12-10(13-6)8-3-2-7(11)4-9(8)14/h2-5,14H,1H3,(H,12,13). The molecule has 14 heavy (non-hydrogen) atoms. The molecule has 0 unspecified atom stereocenters. The van der Waals surface area contributed by atoms with Crippen LogP contribution in [-0.2, 0) is 0 Å². The van der Waals surface area contributed by atoms with Gasteiger partial charge in [-0.1, -0.05) is 15.9 Å². The molecule has 2 rings (SSSR count). The Bertz CT molecular complexity index is 465. The van der Waals surface area contributed by atoms with E-state index in [2.05, 4.69) is 25.9 Å². The lowest BCUT2D eigenvalue weighted by Gasteiger charge is -2.01. The lowest BCUT2D eigenvalue weighted by atomic mass is 10.2. The summed E-state index contributed by atoms with van der Waals surface area (Å²) in [6, 6.07) is 5.33. The van der Waals surface area contributed by atoms with Crippen LogP contribution in [0.5, 0.6) is 5.75 Å². The van der Waals surface area contributed by atoms with Gasteiger partial charge in [-0.05, 0) is 25.1 Å². The van der Waals surface area contributed by atoms with Crippen LogP contribution in [0, 0.1) is 6.92 Å². The molecule has 1 aromatic heterocycles. The second-order valence-electron chi connectivity index (χ2n) is 3.08. The summed E-state index contributed by atoms with van der Waals surface area (Å²) in [6.07, 6.45) is 1.73. The molecule has 0 fully saturated rings. The van der Waals surface area contributed by atoms with E-state index in [4.69, 9.17) is 0 Å². The maximum absolute atomic E-state index is 9.66. The summed E-state index contributed by atoms with van der Waals surface area (Å²) in [5.41, 5.74) is 1.68. The molecule has 0 saturated heterocycles. The minimum atomic E-state index is 0.216. The lowest BCUT2D eigenvalue weighted by molar-refractivity contribution is 0.476. The Kier molecular flexibility index (Phi) is 2.29. The van der Waals surface area contributed by atoms with Crippen LogP contribution >= 0.6 is 15.9 Å². The summed E-state index contributed by atoms with van der Waals surface area (Å²) in [5, 5.41) is 9.66. The summed E-state index contributed by atoms with van der Waals surface area (Å²) in [6.45, 7) is 1.92. The molecule has 0 aliphatic rings. The molecule has 2 aromatic rings. The number of phenolic OH excluding ortho intramolecular Hbond substituents is 1. The van der Waals surface area contributed by atoms with Crippen LogP contribution in [-0.4, -0.2) is 15.1 Å². The van der Waals surface area contributed by atoms with E-state index in [0.717, 1.165) is 10.2 Å². The van der Waals surface area contributed by atoms with Crippen LogP contribution in [0.15, 0.2) is 28.9 Å². The lowest BCUT2D eigenvalue weighted by Crippen LogP contribution is -1.81. The van der Waals surface area contributed by atoms with E-state index in [1.165, 1.54) is 0 Å². The topological polar surface area (TPSA) is 48.9 Å². The Morgan fingerprint density at radius 1 is 1.43 bits per heavy atom. The molecule has 0 bridgehead atoms. The minimum Gasteiger partial charge on any atom is -0.507 e. The predicted molar refractivity (Wildman–Crippen MR) is 58.1 cm³/mol. The highest BCUT2D eigenvalue weighted by molar-refractivity contribution is 9.10. The number of hydrogen-bond acceptors (Lipinski definition) is 2. The second kappa shape index (κ2) is 3.46. The van der Waals surface area contributed by atoms with Crippen molar-refractivity contribution < 1.29 is 5.11 Å². The zero-order valence-electron chi connectivity index (χ0n) is 7.58. The van der Waals surface area contributed by atoms with E-state index in [1.54, 1.807) is 12.3 Å². The normalized spacial score (nSPS) is 10.4. The largest absolute Gasteiger partial charge is 0.507 e.